The van der Waals surface area contributed by atoms with Gasteiger partial charge in [-0.1, -0.05) is 5.11 Å². The van der Waals surface area contributed by atoms with Crippen molar-refractivity contribution in [3.05, 3.63) is 22.2 Å². The summed E-state index contributed by atoms with van der Waals surface area (Å²) in [6.07, 6.45) is 1.60. The van der Waals surface area contributed by atoms with E-state index in [1.807, 2.05) is 0 Å². The normalized spacial score (nSPS) is 11.7. The molecule has 0 saturated heterocycles. The van der Waals surface area contributed by atoms with Crippen LogP contribution >= 0.6 is 0 Å². The molecule has 110 valence electrons. The fourth-order valence-corrected chi connectivity index (χ4v) is 2.70. The van der Waals surface area contributed by atoms with Gasteiger partial charge in [-0.25, -0.2) is 4.98 Å². The molecule has 0 amide bonds. The number of azide groups is 1. The van der Waals surface area contributed by atoms with Crippen molar-refractivity contribution in [1.29, 1.82) is 0 Å². The third-order valence-corrected chi connectivity index (χ3v) is 3.51. The molecule has 0 aromatic carbocycles. The summed E-state index contributed by atoms with van der Waals surface area (Å²) < 4.78 is 11.7. The molecule has 0 N–H and O–H groups in total. The SMILES string of the molecule is C[Si](C)(C)Oc1ncc(CN=[N+]=[N-])c(O[Si](C)(C)C)n1. The highest BCUT2D eigenvalue weighted by Gasteiger charge is 2.22. The van der Waals surface area contributed by atoms with Crippen LogP contribution in [0.1, 0.15) is 5.56 Å². The van der Waals surface area contributed by atoms with Crippen molar-refractivity contribution < 1.29 is 8.85 Å². The molecular weight excluding hydrogens is 290 g/mol. The van der Waals surface area contributed by atoms with Gasteiger partial charge in [0.05, 0.1) is 6.54 Å². The summed E-state index contributed by atoms with van der Waals surface area (Å²) in [4.78, 5) is 11.2. The van der Waals surface area contributed by atoms with E-state index in [-0.39, 0.29) is 6.54 Å². The van der Waals surface area contributed by atoms with Crippen LogP contribution in [0.5, 0.6) is 11.9 Å². The van der Waals surface area contributed by atoms with E-state index in [1.165, 1.54) is 0 Å². The predicted molar refractivity (Wildman–Crippen MR) is 82.8 cm³/mol. The summed E-state index contributed by atoms with van der Waals surface area (Å²) in [5.74, 6) is 0.458. The van der Waals surface area contributed by atoms with Crippen LogP contribution in [0.25, 0.3) is 10.4 Å². The van der Waals surface area contributed by atoms with E-state index >= 15 is 0 Å². The number of hydrogen-bond donors (Lipinski definition) is 0. The maximum absolute atomic E-state index is 8.42. The molecule has 0 spiro atoms. The quantitative estimate of drug-likeness (QED) is 0.346. The Labute approximate surface area is 121 Å². The zero-order valence-corrected chi connectivity index (χ0v) is 14.8. The lowest BCUT2D eigenvalue weighted by molar-refractivity contribution is 0.470. The minimum Gasteiger partial charge on any atom is -0.531 e. The van der Waals surface area contributed by atoms with Crippen molar-refractivity contribution in [1.82, 2.24) is 9.97 Å². The van der Waals surface area contributed by atoms with Crippen LogP contribution in [0.3, 0.4) is 0 Å². The minimum atomic E-state index is -1.82. The zero-order chi connectivity index (χ0) is 15.4. The second-order valence-electron chi connectivity index (χ2n) is 6.30. The monoisotopic (exact) mass is 311 g/mol. The van der Waals surface area contributed by atoms with Crippen molar-refractivity contribution in [2.24, 2.45) is 5.11 Å². The Morgan fingerprint density at radius 3 is 2.25 bits per heavy atom. The van der Waals surface area contributed by atoms with Gasteiger partial charge < -0.3 is 8.85 Å². The van der Waals surface area contributed by atoms with E-state index in [2.05, 4.69) is 59.3 Å². The minimum absolute atomic E-state index is 0.170. The lowest BCUT2D eigenvalue weighted by atomic mass is 10.3. The molecule has 0 aliphatic carbocycles. The molecule has 1 rings (SSSR count). The Bertz CT molecular complexity index is 519. The highest BCUT2D eigenvalue weighted by molar-refractivity contribution is 6.70. The van der Waals surface area contributed by atoms with E-state index in [1.54, 1.807) is 6.20 Å². The molecule has 1 aromatic rings. The van der Waals surface area contributed by atoms with Gasteiger partial charge >= 0.3 is 6.01 Å². The number of rotatable bonds is 6. The summed E-state index contributed by atoms with van der Waals surface area (Å²) in [7, 11) is -3.59. The molecule has 0 atom stereocenters. The highest BCUT2D eigenvalue weighted by atomic mass is 28.4. The Balaban J connectivity index is 3.10. The first kappa shape index (κ1) is 16.5. The summed E-state index contributed by atoms with van der Waals surface area (Å²) >= 11 is 0. The van der Waals surface area contributed by atoms with Crippen molar-refractivity contribution in [3.8, 4) is 11.9 Å². The molecule has 0 bridgehead atoms. The van der Waals surface area contributed by atoms with Gasteiger partial charge in [-0.05, 0) is 44.8 Å². The lowest BCUT2D eigenvalue weighted by Gasteiger charge is -2.22. The Morgan fingerprint density at radius 2 is 1.75 bits per heavy atom. The molecule has 1 aromatic heterocycles. The Morgan fingerprint density at radius 1 is 1.15 bits per heavy atom. The van der Waals surface area contributed by atoms with E-state index in [4.69, 9.17) is 14.4 Å². The van der Waals surface area contributed by atoms with Crippen molar-refractivity contribution in [2.75, 3.05) is 0 Å². The van der Waals surface area contributed by atoms with Gasteiger partial charge in [-0.15, -0.1) is 0 Å². The Kier molecular flexibility index (Phi) is 5.15. The molecule has 0 aliphatic rings. The van der Waals surface area contributed by atoms with Gasteiger partial charge in [0.1, 0.15) is 0 Å². The standard InChI is InChI=1S/C11H21N5O2Si2/c1-19(2,3)17-10-9(8-14-16-12)7-13-11(15-10)18-20(4,5)6/h7H,8H2,1-6H3. The summed E-state index contributed by atoms with van der Waals surface area (Å²) in [6.45, 7) is 12.5. The largest absolute Gasteiger partial charge is 0.531 e. The Hall–Kier alpha value is -1.58. The third-order valence-electron chi connectivity index (χ3n) is 1.91. The summed E-state index contributed by atoms with van der Waals surface area (Å²) in [5, 5.41) is 3.54. The fraction of sp³-hybridized carbons (Fsp3) is 0.636. The molecule has 0 fully saturated rings. The molecule has 0 saturated carbocycles. The number of nitrogens with zero attached hydrogens (tertiary/aromatic N) is 5. The number of aromatic nitrogens is 2. The molecule has 1 heterocycles. The van der Waals surface area contributed by atoms with Gasteiger partial charge in [0, 0.05) is 16.7 Å². The summed E-state index contributed by atoms with van der Waals surface area (Å²) in [5.41, 5.74) is 9.10. The van der Waals surface area contributed by atoms with Crippen molar-refractivity contribution >= 4 is 16.6 Å². The van der Waals surface area contributed by atoms with E-state index < -0.39 is 16.6 Å². The van der Waals surface area contributed by atoms with Gasteiger partial charge in [-0.2, -0.15) is 4.98 Å². The van der Waals surface area contributed by atoms with Gasteiger partial charge in [0.2, 0.25) is 22.5 Å². The average molecular weight is 311 g/mol. The van der Waals surface area contributed by atoms with Crippen LogP contribution in [-0.4, -0.2) is 26.6 Å². The van der Waals surface area contributed by atoms with Gasteiger partial charge in [0.25, 0.3) is 0 Å². The van der Waals surface area contributed by atoms with E-state index in [0.29, 0.717) is 17.5 Å². The molecule has 0 unspecified atom stereocenters. The average Bonchev–Trinajstić information content (AvgIpc) is 2.23. The zero-order valence-electron chi connectivity index (χ0n) is 12.8. The van der Waals surface area contributed by atoms with Crippen LogP contribution in [0.2, 0.25) is 39.3 Å². The maximum atomic E-state index is 8.42. The van der Waals surface area contributed by atoms with Crippen LogP contribution in [0, 0.1) is 0 Å². The van der Waals surface area contributed by atoms with Crippen molar-refractivity contribution in [2.45, 2.75) is 45.8 Å². The molecule has 7 nitrogen and oxygen atoms in total. The van der Waals surface area contributed by atoms with Crippen LogP contribution in [0.4, 0.5) is 0 Å². The van der Waals surface area contributed by atoms with Crippen molar-refractivity contribution in [3.63, 3.8) is 0 Å². The third kappa shape index (κ3) is 6.04. The first-order valence-electron chi connectivity index (χ1n) is 6.35. The topological polar surface area (TPSA) is 93.0 Å². The highest BCUT2D eigenvalue weighted by Crippen LogP contribution is 2.23. The molecule has 0 radical (unpaired) electrons. The second-order valence-corrected chi connectivity index (χ2v) is 15.2. The van der Waals surface area contributed by atoms with E-state index in [9.17, 15) is 0 Å². The molecule has 9 heteroatoms. The first-order valence-corrected chi connectivity index (χ1v) is 13.2. The van der Waals surface area contributed by atoms with Crippen LogP contribution in [-0.2, 0) is 6.54 Å². The molecule has 20 heavy (non-hydrogen) atoms. The van der Waals surface area contributed by atoms with E-state index in [0.717, 1.165) is 0 Å². The number of hydrogen-bond acceptors (Lipinski definition) is 5. The smallest absolute Gasteiger partial charge is 0.305 e. The predicted octanol–water partition coefficient (Wildman–Crippen LogP) is 3.71. The van der Waals surface area contributed by atoms with Gasteiger partial charge in [0.15, 0.2) is 0 Å². The second kappa shape index (κ2) is 6.25. The van der Waals surface area contributed by atoms with Gasteiger partial charge in [-0.3, -0.25) is 0 Å². The lowest BCUT2D eigenvalue weighted by Crippen LogP contribution is -2.32. The van der Waals surface area contributed by atoms with Crippen LogP contribution < -0.4 is 8.85 Å². The molecular formula is C11H21N5O2Si2. The first-order chi connectivity index (χ1) is 9.11. The van der Waals surface area contributed by atoms with Crippen LogP contribution in [0.15, 0.2) is 11.3 Å². The molecule has 0 aliphatic heterocycles. The fourth-order valence-electron chi connectivity index (χ4n) is 1.29. The summed E-state index contributed by atoms with van der Waals surface area (Å²) in [6, 6.07) is 0.321. The maximum Gasteiger partial charge on any atom is 0.305 e.